The Labute approximate surface area is 167 Å². The van der Waals surface area contributed by atoms with E-state index in [4.69, 9.17) is 20.3 Å². The Morgan fingerprint density at radius 2 is 1.67 bits per heavy atom. The Kier molecular flexibility index (Phi) is 9.07. The van der Waals surface area contributed by atoms with Crippen molar-refractivity contribution in [2.75, 3.05) is 13.7 Å². The summed E-state index contributed by atoms with van der Waals surface area (Å²) in [6.07, 6.45) is 6.41. The fraction of sp³-hybridized carbons (Fsp3) is 0.652. The summed E-state index contributed by atoms with van der Waals surface area (Å²) in [4.78, 5) is 0. The Bertz CT molecular complexity index is 596. The molecule has 1 aromatic carbocycles. The molecule has 1 aromatic rings. The molecule has 0 spiro atoms. The van der Waals surface area contributed by atoms with Gasteiger partial charge in [-0.3, -0.25) is 0 Å². The molecule has 0 fully saturated rings. The van der Waals surface area contributed by atoms with Gasteiger partial charge in [-0.15, -0.1) is 12.3 Å². The lowest BCUT2D eigenvalue weighted by molar-refractivity contribution is 0.0117. The molecule has 0 bridgehead atoms. The van der Waals surface area contributed by atoms with Crippen molar-refractivity contribution in [3.63, 3.8) is 0 Å². The molecular weight excluding hydrogens is 352 g/mol. The Hall–Kier alpha value is -1.28. The second-order valence-corrected chi connectivity index (χ2v) is 13.8. The fourth-order valence-electron chi connectivity index (χ4n) is 2.79. The normalized spacial score (nSPS) is 15.7. The molecule has 1 rings (SSSR count). The van der Waals surface area contributed by atoms with Crippen molar-refractivity contribution in [1.82, 2.24) is 0 Å². The molecule has 0 aromatic heterocycles. The van der Waals surface area contributed by atoms with E-state index in [1.807, 2.05) is 24.3 Å². The van der Waals surface area contributed by atoms with Crippen LogP contribution >= 0.6 is 0 Å². The van der Waals surface area contributed by atoms with Crippen molar-refractivity contribution in [3.8, 4) is 18.1 Å². The lowest BCUT2D eigenvalue weighted by Crippen LogP contribution is -2.48. The van der Waals surface area contributed by atoms with Gasteiger partial charge in [0, 0.05) is 12.3 Å². The van der Waals surface area contributed by atoms with Crippen molar-refractivity contribution < 1.29 is 13.9 Å². The average molecular weight is 391 g/mol. The number of terminal acetylenes is 1. The molecule has 0 saturated carbocycles. The highest BCUT2D eigenvalue weighted by molar-refractivity contribution is 6.74. The molecule has 3 atom stereocenters. The van der Waals surface area contributed by atoms with Gasteiger partial charge < -0.3 is 13.9 Å². The van der Waals surface area contributed by atoms with Gasteiger partial charge in [-0.1, -0.05) is 46.8 Å². The molecule has 0 aliphatic heterocycles. The Balaban J connectivity index is 2.72. The molecular formula is C23H38O3Si. The van der Waals surface area contributed by atoms with E-state index in [1.165, 1.54) is 0 Å². The van der Waals surface area contributed by atoms with Crippen LogP contribution in [0.25, 0.3) is 0 Å². The van der Waals surface area contributed by atoms with Crippen LogP contribution in [0.4, 0.5) is 0 Å². The Morgan fingerprint density at radius 3 is 2.15 bits per heavy atom. The lowest BCUT2D eigenvalue weighted by atomic mass is 9.92. The van der Waals surface area contributed by atoms with Gasteiger partial charge in [0.15, 0.2) is 8.32 Å². The molecule has 0 saturated heterocycles. The first-order valence-electron chi connectivity index (χ1n) is 9.83. The van der Waals surface area contributed by atoms with Crippen LogP contribution in [0.3, 0.4) is 0 Å². The highest BCUT2D eigenvalue weighted by Gasteiger charge is 2.41. The van der Waals surface area contributed by atoms with Gasteiger partial charge in [-0.05, 0) is 41.7 Å². The van der Waals surface area contributed by atoms with E-state index in [2.05, 4.69) is 53.6 Å². The third-order valence-electron chi connectivity index (χ3n) is 5.61. The minimum Gasteiger partial charge on any atom is -0.497 e. The number of methoxy groups -OCH3 is 1. The molecule has 0 unspecified atom stereocenters. The zero-order valence-corrected chi connectivity index (χ0v) is 19.5. The van der Waals surface area contributed by atoms with Crippen molar-refractivity contribution in [3.05, 3.63) is 29.8 Å². The van der Waals surface area contributed by atoms with Crippen molar-refractivity contribution in [1.29, 1.82) is 0 Å². The van der Waals surface area contributed by atoms with Gasteiger partial charge in [-0.2, -0.15) is 0 Å². The molecule has 152 valence electrons. The third kappa shape index (κ3) is 7.33. The molecule has 0 aliphatic carbocycles. The van der Waals surface area contributed by atoms with E-state index >= 15 is 0 Å². The second-order valence-electron chi connectivity index (χ2n) is 9.07. The van der Waals surface area contributed by atoms with Crippen LogP contribution in [0, 0.1) is 24.2 Å². The number of hydrogen-bond acceptors (Lipinski definition) is 3. The molecule has 0 N–H and O–H groups in total. The third-order valence-corrected chi connectivity index (χ3v) is 10.1. The van der Waals surface area contributed by atoms with Gasteiger partial charge in [-0.25, -0.2) is 0 Å². The summed E-state index contributed by atoms with van der Waals surface area (Å²) in [5.41, 5.74) is 1.14. The average Bonchev–Trinajstić information content (AvgIpc) is 2.59. The van der Waals surface area contributed by atoms with E-state index in [9.17, 15) is 0 Å². The number of benzene rings is 1. The zero-order valence-electron chi connectivity index (χ0n) is 18.5. The first-order chi connectivity index (χ1) is 12.5. The van der Waals surface area contributed by atoms with Crippen LogP contribution in [0.5, 0.6) is 5.75 Å². The molecule has 3 nitrogen and oxygen atoms in total. The van der Waals surface area contributed by atoms with Gasteiger partial charge in [0.05, 0.1) is 26.4 Å². The van der Waals surface area contributed by atoms with Gasteiger partial charge in [0.2, 0.25) is 0 Å². The molecule has 0 amide bonds. The maximum atomic E-state index is 6.76. The lowest BCUT2D eigenvalue weighted by Gasteiger charge is -2.42. The highest BCUT2D eigenvalue weighted by atomic mass is 28.4. The predicted octanol–water partition coefficient (Wildman–Crippen LogP) is 5.90. The molecule has 0 heterocycles. The topological polar surface area (TPSA) is 27.7 Å². The van der Waals surface area contributed by atoms with E-state index in [1.54, 1.807) is 7.11 Å². The fourth-order valence-corrected chi connectivity index (χ4v) is 4.29. The van der Waals surface area contributed by atoms with E-state index < -0.39 is 8.32 Å². The molecule has 27 heavy (non-hydrogen) atoms. The summed E-state index contributed by atoms with van der Waals surface area (Å²) < 4.78 is 18.0. The van der Waals surface area contributed by atoms with Crippen LogP contribution in [0.15, 0.2) is 24.3 Å². The van der Waals surface area contributed by atoms with E-state index in [0.717, 1.165) is 17.7 Å². The van der Waals surface area contributed by atoms with Gasteiger partial charge in [0.25, 0.3) is 0 Å². The van der Waals surface area contributed by atoms with Crippen LogP contribution in [-0.4, -0.2) is 28.1 Å². The van der Waals surface area contributed by atoms with Crippen LogP contribution < -0.4 is 4.74 Å². The SMILES string of the molecule is C#CC[C@H](C)[C@H](O[Si](C)(C)C(C)(C)C)[C@H](C)COCc1ccc(OC)cc1. The summed E-state index contributed by atoms with van der Waals surface area (Å²) in [5.74, 6) is 4.25. The van der Waals surface area contributed by atoms with Crippen molar-refractivity contribution in [2.24, 2.45) is 11.8 Å². The summed E-state index contributed by atoms with van der Waals surface area (Å²) in [6.45, 7) is 17.1. The summed E-state index contributed by atoms with van der Waals surface area (Å²) in [7, 11) is -0.201. The minimum absolute atomic E-state index is 0.109. The zero-order chi connectivity index (χ0) is 20.7. The standard InChI is InChI=1S/C23H38O3Si/c1-10-11-18(2)22(26-27(8,9)23(4,5)6)19(3)16-25-17-20-12-14-21(24-7)15-13-20/h1,12-15,18-19,22H,11,16-17H2,2-9H3/t18-,19+,22-/m0/s1. The largest absolute Gasteiger partial charge is 0.497 e. The quantitative estimate of drug-likeness (QED) is 0.368. The van der Waals surface area contributed by atoms with E-state index in [-0.39, 0.29) is 17.1 Å². The predicted molar refractivity (Wildman–Crippen MR) is 116 cm³/mol. The number of hydrogen-bond donors (Lipinski definition) is 0. The molecule has 0 aliphatic rings. The molecule has 4 heteroatoms. The second kappa shape index (κ2) is 10.3. The molecule has 0 radical (unpaired) electrons. The number of ether oxygens (including phenoxy) is 2. The monoisotopic (exact) mass is 390 g/mol. The minimum atomic E-state index is -1.87. The van der Waals surface area contributed by atoms with Crippen molar-refractivity contribution >= 4 is 8.32 Å². The summed E-state index contributed by atoms with van der Waals surface area (Å²) in [6, 6.07) is 7.99. The first-order valence-corrected chi connectivity index (χ1v) is 12.7. The van der Waals surface area contributed by atoms with Gasteiger partial charge in [0.1, 0.15) is 5.75 Å². The first kappa shape index (κ1) is 23.8. The van der Waals surface area contributed by atoms with Crippen molar-refractivity contribution in [2.45, 2.75) is 71.9 Å². The highest BCUT2D eigenvalue weighted by Crippen LogP contribution is 2.39. The van der Waals surface area contributed by atoms with Crippen LogP contribution in [0.1, 0.15) is 46.6 Å². The van der Waals surface area contributed by atoms with Crippen LogP contribution in [0.2, 0.25) is 18.1 Å². The Morgan fingerprint density at radius 1 is 1.07 bits per heavy atom. The smallest absolute Gasteiger partial charge is 0.192 e. The van der Waals surface area contributed by atoms with Crippen LogP contribution in [-0.2, 0) is 15.8 Å². The van der Waals surface area contributed by atoms with E-state index in [0.29, 0.717) is 19.1 Å². The maximum Gasteiger partial charge on any atom is 0.192 e. The summed E-state index contributed by atoms with van der Waals surface area (Å²) >= 11 is 0. The maximum absolute atomic E-state index is 6.76. The summed E-state index contributed by atoms with van der Waals surface area (Å²) in [5, 5.41) is 0.171. The van der Waals surface area contributed by atoms with Gasteiger partial charge >= 0.3 is 0 Å². The number of rotatable bonds is 10.